The number of methoxy groups -OCH3 is 2. The molecule has 0 heterocycles. The average molecular weight is 238 g/mol. The number of nitrogen functional groups attached to an aromatic ring is 1. The van der Waals surface area contributed by atoms with Gasteiger partial charge in [0, 0.05) is 18.8 Å². The van der Waals surface area contributed by atoms with Crippen molar-refractivity contribution in [3.05, 3.63) is 23.8 Å². The lowest BCUT2D eigenvalue weighted by Gasteiger charge is -2.15. The molecule has 0 aliphatic heterocycles. The maximum Gasteiger partial charge on any atom is 0.257 e. The highest BCUT2D eigenvalue weighted by atomic mass is 16.5. The minimum atomic E-state index is -0.260. The predicted molar refractivity (Wildman–Crippen MR) is 66.2 cm³/mol. The van der Waals surface area contributed by atoms with Crippen molar-refractivity contribution < 1.29 is 14.3 Å². The van der Waals surface area contributed by atoms with E-state index in [1.165, 1.54) is 7.11 Å². The molecule has 1 aromatic rings. The van der Waals surface area contributed by atoms with E-state index >= 15 is 0 Å². The molecule has 0 fully saturated rings. The molecule has 1 aromatic carbocycles. The maximum atomic E-state index is 12.0. The number of ether oxygens (including phenoxy) is 2. The van der Waals surface area contributed by atoms with E-state index in [-0.39, 0.29) is 11.9 Å². The number of benzene rings is 1. The number of hydrogen-bond donors (Lipinski definition) is 2. The molecule has 94 valence electrons. The molecular formula is C12H18N2O3. The van der Waals surface area contributed by atoms with Crippen LogP contribution < -0.4 is 15.8 Å². The molecule has 0 saturated heterocycles. The highest BCUT2D eigenvalue weighted by Crippen LogP contribution is 2.23. The van der Waals surface area contributed by atoms with Gasteiger partial charge in [0.2, 0.25) is 0 Å². The minimum Gasteiger partial charge on any atom is -0.496 e. The fraction of sp³-hybridized carbons (Fsp3) is 0.417. The molecule has 0 aliphatic carbocycles. The van der Waals surface area contributed by atoms with Gasteiger partial charge >= 0.3 is 0 Å². The third-order valence-corrected chi connectivity index (χ3v) is 2.30. The van der Waals surface area contributed by atoms with Gasteiger partial charge < -0.3 is 20.5 Å². The van der Waals surface area contributed by atoms with Crippen LogP contribution in [0.15, 0.2) is 18.2 Å². The lowest BCUT2D eigenvalue weighted by Crippen LogP contribution is -2.36. The van der Waals surface area contributed by atoms with E-state index in [1.807, 2.05) is 6.92 Å². The zero-order valence-corrected chi connectivity index (χ0v) is 10.3. The highest BCUT2D eigenvalue weighted by molar-refractivity contribution is 6.02. The molecule has 3 N–H and O–H groups in total. The summed E-state index contributed by atoms with van der Waals surface area (Å²) >= 11 is 0. The molecule has 1 amide bonds. The van der Waals surface area contributed by atoms with E-state index in [9.17, 15) is 4.79 Å². The van der Waals surface area contributed by atoms with Gasteiger partial charge in [-0.25, -0.2) is 0 Å². The Bertz CT molecular complexity index is 393. The number of hydrogen-bond acceptors (Lipinski definition) is 4. The molecule has 5 nitrogen and oxygen atoms in total. The van der Waals surface area contributed by atoms with Crippen LogP contribution in [0, 0.1) is 0 Å². The van der Waals surface area contributed by atoms with Crippen molar-refractivity contribution in [2.24, 2.45) is 0 Å². The van der Waals surface area contributed by atoms with Crippen molar-refractivity contribution in [2.75, 3.05) is 26.6 Å². The van der Waals surface area contributed by atoms with Gasteiger partial charge in [-0.05, 0) is 19.1 Å². The number of anilines is 1. The maximum absolute atomic E-state index is 12.0. The van der Waals surface area contributed by atoms with Gasteiger partial charge in [-0.2, -0.15) is 0 Å². The Morgan fingerprint density at radius 1 is 1.47 bits per heavy atom. The first-order chi connectivity index (χ1) is 8.10. The van der Waals surface area contributed by atoms with Gasteiger partial charge in [0.1, 0.15) is 11.3 Å². The number of carbonyl (C=O) groups excluding carboxylic acids is 1. The van der Waals surface area contributed by atoms with Gasteiger partial charge in [0.25, 0.3) is 5.91 Å². The van der Waals surface area contributed by atoms with E-state index in [0.29, 0.717) is 23.6 Å². The number of nitrogens with one attached hydrogen (secondary N) is 1. The number of carbonyl (C=O) groups is 1. The fourth-order valence-corrected chi connectivity index (χ4v) is 1.55. The van der Waals surface area contributed by atoms with Crippen LogP contribution in [-0.2, 0) is 4.74 Å². The van der Waals surface area contributed by atoms with Crippen molar-refractivity contribution in [2.45, 2.75) is 13.0 Å². The van der Waals surface area contributed by atoms with Gasteiger partial charge in [0.15, 0.2) is 0 Å². The second-order valence-corrected chi connectivity index (χ2v) is 3.75. The lowest BCUT2D eigenvalue weighted by atomic mass is 10.1. The topological polar surface area (TPSA) is 73.6 Å². The van der Waals surface area contributed by atoms with Crippen LogP contribution in [0.5, 0.6) is 5.75 Å². The van der Waals surface area contributed by atoms with Gasteiger partial charge in [-0.15, -0.1) is 0 Å². The summed E-state index contributed by atoms with van der Waals surface area (Å²) in [5.74, 6) is 0.205. The Hall–Kier alpha value is -1.75. The molecule has 1 unspecified atom stereocenters. The highest BCUT2D eigenvalue weighted by Gasteiger charge is 2.17. The minimum absolute atomic E-state index is 0.0863. The van der Waals surface area contributed by atoms with Crippen LogP contribution >= 0.6 is 0 Å². The molecule has 1 rings (SSSR count). The summed E-state index contributed by atoms with van der Waals surface area (Å²) < 4.78 is 10.1. The van der Waals surface area contributed by atoms with Crippen LogP contribution in [0.25, 0.3) is 0 Å². The summed E-state index contributed by atoms with van der Waals surface area (Å²) in [6.45, 7) is 2.30. The second kappa shape index (κ2) is 6.10. The monoisotopic (exact) mass is 238 g/mol. The second-order valence-electron chi connectivity index (χ2n) is 3.75. The lowest BCUT2D eigenvalue weighted by molar-refractivity contribution is 0.0903. The molecule has 0 spiro atoms. The molecule has 0 saturated carbocycles. The van der Waals surface area contributed by atoms with Crippen molar-refractivity contribution >= 4 is 11.6 Å². The van der Waals surface area contributed by atoms with E-state index < -0.39 is 0 Å². The van der Waals surface area contributed by atoms with Crippen molar-refractivity contribution in [3.63, 3.8) is 0 Å². The van der Waals surface area contributed by atoms with Crippen LogP contribution in [0.2, 0.25) is 0 Å². The first-order valence-corrected chi connectivity index (χ1v) is 5.32. The van der Waals surface area contributed by atoms with Crippen LogP contribution in [-0.4, -0.2) is 32.8 Å². The Morgan fingerprint density at radius 2 is 2.18 bits per heavy atom. The molecule has 0 aromatic heterocycles. The zero-order chi connectivity index (χ0) is 12.8. The number of rotatable bonds is 5. The third kappa shape index (κ3) is 3.35. The van der Waals surface area contributed by atoms with E-state index in [1.54, 1.807) is 25.3 Å². The van der Waals surface area contributed by atoms with E-state index in [0.717, 1.165) is 0 Å². The predicted octanol–water partition coefficient (Wildman–Crippen LogP) is 1.04. The number of nitrogens with two attached hydrogens (primary N) is 1. The van der Waals surface area contributed by atoms with Gasteiger partial charge in [0.05, 0.1) is 13.7 Å². The van der Waals surface area contributed by atoms with Crippen molar-refractivity contribution in [3.8, 4) is 5.75 Å². The van der Waals surface area contributed by atoms with E-state index in [2.05, 4.69) is 5.32 Å². The molecular weight excluding hydrogens is 220 g/mol. The average Bonchev–Trinajstić information content (AvgIpc) is 2.28. The molecule has 17 heavy (non-hydrogen) atoms. The normalized spacial score (nSPS) is 11.9. The first kappa shape index (κ1) is 13.3. The summed E-state index contributed by atoms with van der Waals surface area (Å²) in [5, 5.41) is 2.79. The van der Waals surface area contributed by atoms with Gasteiger partial charge in [-0.1, -0.05) is 6.07 Å². The van der Waals surface area contributed by atoms with Crippen LogP contribution in [0.3, 0.4) is 0 Å². The summed E-state index contributed by atoms with van der Waals surface area (Å²) in [6.07, 6.45) is 0. The third-order valence-electron chi connectivity index (χ3n) is 2.30. The summed E-state index contributed by atoms with van der Waals surface area (Å²) in [7, 11) is 3.09. The summed E-state index contributed by atoms with van der Waals surface area (Å²) in [5.41, 5.74) is 6.53. The number of amides is 1. The Kier molecular flexibility index (Phi) is 4.78. The summed E-state index contributed by atoms with van der Waals surface area (Å²) in [4.78, 5) is 12.0. The molecule has 0 bridgehead atoms. The smallest absolute Gasteiger partial charge is 0.257 e. The fourth-order valence-electron chi connectivity index (χ4n) is 1.55. The zero-order valence-electron chi connectivity index (χ0n) is 10.3. The molecule has 0 aliphatic rings. The molecule has 0 radical (unpaired) electrons. The standard InChI is InChI=1S/C12H18N2O3/c1-8(7-16-2)14-12(15)11-9(13)5-4-6-10(11)17-3/h4-6,8H,7,13H2,1-3H3,(H,14,15). The SMILES string of the molecule is COCC(C)NC(=O)c1c(N)cccc1OC. The Labute approximate surface area is 101 Å². The van der Waals surface area contributed by atoms with Gasteiger partial charge in [-0.3, -0.25) is 4.79 Å². The molecule has 1 atom stereocenters. The summed E-state index contributed by atoms with van der Waals surface area (Å²) in [6, 6.07) is 5.02. The van der Waals surface area contributed by atoms with E-state index in [4.69, 9.17) is 15.2 Å². The van der Waals surface area contributed by atoms with Crippen LogP contribution in [0.4, 0.5) is 5.69 Å². The first-order valence-electron chi connectivity index (χ1n) is 5.32. The van der Waals surface area contributed by atoms with Crippen molar-refractivity contribution in [1.82, 2.24) is 5.32 Å². The Morgan fingerprint density at radius 3 is 2.76 bits per heavy atom. The largest absolute Gasteiger partial charge is 0.496 e. The quantitative estimate of drug-likeness (QED) is 0.752. The Balaban J connectivity index is 2.88. The molecule has 5 heteroatoms. The van der Waals surface area contributed by atoms with Crippen LogP contribution in [0.1, 0.15) is 17.3 Å². The van der Waals surface area contributed by atoms with Crippen molar-refractivity contribution in [1.29, 1.82) is 0 Å².